The van der Waals surface area contributed by atoms with Crippen molar-refractivity contribution in [1.29, 1.82) is 0 Å². The number of nitrogens with zero attached hydrogens (tertiary/aromatic N) is 2. The van der Waals surface area contributed by atoms with Crippen LogP contribution in [0.3, 0.4) is 0 Å². The van der Waals surface area contributed by atoms with E-state index < -0.39 is 0 Å². The molecule has 0 spiro atoms. The second-order valence-corrected chi connectivity index (χ2v) is 10.2. The normalized spacial score (nSPS) is 31.1. The van der Waals surface area contributed by atoms with Gasteiger partial charge in [0.25, 0.3) is 5.91 Å². The summed E-state index contributed by atoms with van der Waals surface area (Å²) in [5, 5.41) is 6.91. The molecule has 0 bridgehead atoms. The third-order valence-corrected chi connectivity index (χ3v) is 8.23. The Morgan fingerprint density at radius 1 is 1.00 bits per heavy atom. The Labute approximate surface area is 205 Å². The third kappa shape index (κ3) is 4.07. The number of rotatable bonds is 4. The van der Waals surface area contributed by atoms with Crippen LogP contribution < -0.4 is 10.6 Å². The maximum absolute atomic E-state index is 14.1. The first-order valence-electron chi connectivity index (χ1n) is 12.9. The molecule has 182 valence electrons. The molecule has 2 N–H and O–H groups in total. The van der Waals surface area contributed by atoms with Gasteiger partial charge in [0.1, 0.15) is 12.6 Å². The molecule has 1 saturated heterocycles. The largest absolute Gasteiger partial charge is 0.481 e. The first-order chi connectivity index (χ1) is 17.2. The van der Waals surface area contributed by atoms with E-state index in [9.17, 15) is 9.59 Å². The molecule has 7 nitrogen and oxygen atoms in total. The second kappa shape index (κ2) is 9.36. The van der Waals surface area contributed by atoms with Crippen molar-refractivity contribution in [3.8, 4) is 0 Å². The number of aliphatic imine (C=N–C) groups is 1. The summed E-state index contributed by atoms with van der Waals surface area (Å²) < 4.78 is 5.45. The van der Waals surface area contributed by atoms with Crippen LogP contribution in [0.2, 0.25) is 0 Å². The number of carbonyl (C=O) groups excluding carboxylic acids is 2. The van der Waals surface area contributed by atoms with Gasteiger partial charge in [-0.25, -0.2) is 4.99 Å². The van der Waals surface area contributed by atoms with E-state index in [1.54, 1.807) is 6.40 Å². The quantitative estimate of drug-likeness (QED) is 0.709. The van der Waals surface area contributed by atoms with Crippen LogP contribution in [0.1, 0.15) is 54.1 Å². The lowest BCUT2D eigenvalue weighted by Crippen LogP contribution is -2.51. The van der Waals surface area contributed by atoms with Crippen molar-refractivity contribution in [2.75, 3.05) is 18.5 Å². The number of carbonyl (C=O) groups is 2. The highest BCUT2D eigenvalue weighted by molar-refractivity contribution is 5.95. The van der Waals surface area contributed by atoms with Gasteiger partial charge in [-0.2, -0.15) is 0 Å². The molecule has 0 radical (unpaired) electrons. The predicted octanol–water partition coefficient (Wildman–Crippen LogP) is 3.79. The first kappa shape index (κ1) is 22.1. The predicted molar refractivity (Wildman–Crippen MR) is 134 cm³/mol. The molecule has 7 heteroatoms. The third-order valence-electron chi connectivity index (χ3n) is 8.23. The summed E-state index contributed by atoms with van der Waals surface area (Å²) in [6.45, 7) is 1.31. The van der Waals surface area contributed by atoms with E-state index in [0.29, 0.717) is 12.2 Å². The van der Waals surface area contributed by atoms with Crippen LogP contribution >= 0.6 is 0 Å². The first-order valence-corrected chi connectivity index (χ1v) is 12.9. The van der Waals surface area contributed by atoms with Crippen LogP contribution in [0.5, 0.6) is 0 Å². The Balaban J connectivity index is 1.26. The van der Waals surface area contributed by atoms with Gasteiger partial charge in [-0.1, -0.05) is 49.2 Å². The summed E-state index contributed by atoms with van der Waals surface area (Å²) in [4.78, 5) is 33.7. The summed E-state index contributed by atoms with van der Waals surface area (Å²) in [6.07, 6.45) is 6.20. The molecule has 2 aromatic carbocycles. The van der Waals surface area contributed by atoms with Crippen molar-refractivity contribution in [2.24, 2.45) is 16.8 Å². The number of benzene rings is 2. The maximum atomic E-state index is 14.1. The summed E-state index contributed by atoms with van der Waals surface area (Å²) in [6, 6.07) is 17.7. The number of anilines is 1. The average Bonchev–Trinajstić information content (AvgIpc) is 3.60. The number of nitrogens with one attached hydrogen (secondary N) is 2. The number of amides is 2. The molecular formula is C28H32N4O3. The minimum absolute atomic E-state index is 0.0214. The van der Waals surface area contributed by atoms with Crippen molar-refractivity contribution in [3.63, 3.8) is 0 Å². The molecule has 2 aromatic rings. The molecule has 1 aliphatic carbocycles. The molecule has 0 aromatic heterocycles. The van der Waals surface area contributed by atoms with Gasteiger partial charge in [-0.05, 0) is 43.0 Å². The molecule has 35 heavy (non-hydrogen) atoms. The number of hydrogen-bond acceptors (Lipinski definition) is 5. The summed E-state index contributed by atoms with van der Waals surface area (Å²) >= 11 is 0. The Hall–Kier alpha value is -3.35. The van der Waals surface area contributed by atoms with Crippen LogP contribution in [0, 0.1) is 11.8 Å². The zero-order valence-electron chi connectivity index (χ0n) is 19.8. The van der Waals surface area contributed by atoms with Crippen molar-refractivity contribution < 1.29 is 14.3 Å². The molecule has 1 unspecified atom stereocenters. The Morgan fingerprint density at radius 3 is 2.63 bits per heavy atom. The molecule has 3 heterocycles. The Morgan fingerprint density at radius 2 is 1.80 bits per heavy atom. The lowest BCUT2D eigenvalue weighted by molar-refractivity contribution is -0.138. The summed E-state index contributed by atoms with van der Waals surface area (Å²) in [5.41, 5.74) is 2.90. The zero-order valence-corrected chi connectivity index (χ0v) is 19.8. The van der Waals surface area contributed by atoms with Crippen LogP contribution in [-0.2, 0) is 9.53 Å². The van der Waals surface area contributed by atoms with Crippen LogP contribution in [0.4, 0.5) is 5.69 Å². The standard InChI is InChI=1S/C28H32N4O3/c33-27(18-8-2-1-3-9-18)31-23-13-7-5-11-20(23)28(34)32-15-14-21-25(24-16-35-17-29-24)30-22-12-6-4-10-19(22)26(21)32/h1-4,6,8-10,12,17,20-21,23-26,30H,5,7,11,13-16H2,(H,31,33)/t20-,21+,23+,24?,25+,26-/m0/s1. The fourth-order valence-electron chi connectivity index (χ4n) is 6.55. The van der Waals surface area contributed by atoms with Gasteiger partial charge in [0, 0.05) is 29.8 Å². The Bertz CT molecular complexity index is 1120. The number of fused-ring (bicyclic) bond motifs is 3. The van der Waals surface area contributed by atoms with Gasteiger partial charge >= 0.3 is 0 Å². The molecule has 2 amide bonds. The van der Waals surface area contributed by atoms with Gasteiger partial charge in [0.2, 0.25) is 5.91 Å². The van der Waals surface area contributed by atoms with E-state index in [1.807, 2.05) is 36.4 Å². The number of ether oxygens (including phenoxy) is 1. The fraction of sp³-hybridized carbons (Fsp3) is 0.464. The topological polar surface area (TPSA) is 83.0 Å². The van der Waals surface area contributed by atoms with E-state index >= 15 is 0 Å². The molecule has 6 atom stereocenters. The molecule has 4 aliphatic rings. The van der Waals surface area contributed by atoms with E-state index in [4.69, 9.17) is 4.74 Å². The lowest BCUT2D eigenvalue weighted by Gasteiger charge is -2.42. The lowest BCUT2D eigenvalue weighted by atomic mass is 9.79. The fourth-order valence-corrected chi connectivity index (χ4v) is 6.55. The van der Waals surface area contributed by atoms with Crippen molar-refractivity contribution >= 4 is 23.9 Å². The van der Waals surface area contributed by atoms with Gasteiger partial charge in [-0.3, -0.25) is 9.59 Å². The maximum Gasteiger partial charge on any atom is 0.251 e. The zero-order chi connectivity index (χ0) is 23.8. The van der Waals surface area contributed by atoms with Crippen LogP contribution in [-0.4, -0.2) is 54.4 Å². The summed E-state index contributed by atoms with van der Waals surface area (Å²) in [5.74, 6) is 0.167. The number of hydrogen-bond donors (Lipinski definition) is 2. The highest BCUT2D eigenvalue weighted by atomic mass is 16.5. The van der Waals surface area contributed by atoms with Crippen molar-refractivity contribution in [2.45, 2.75) is 56.3 Å². The number of likely N-dealkylation sites (tertiary alicyclic amines) is 1. The van der Waals surface area contributed by atoms with E-state index in [0.717, 1.165) is 44.3 Å². The molecule has 2 fully saturated rings. The minimum Gasteiger partial charge on any atom is -0.481 e. The average molecular weight is 473 g/mol. The smallest absolute Gasteiger partial charge is 0.251 e. The van der Waals surface area contributed by atoms with Crippen molar-refractivity contribution in [3.05, 3.63) is 65.7 Å². The van der Waals surface area contributed by atoms with E-state index in [-0.39, 0.29) is 47.8 Å². The van der Waals surface area contributed by atoms with Crippen molar-refractivity contribution in [1.82, 2.24) is 10.2 Å². The molecule has 6 rings (SSSR count). The van der Waals surface area contributed by atoms with Gasteiger partial charge in [-0.15, -0.1) is 0 Å². The van der Waals surface area contributed by atoms with E-state index in [2.05, 4.69) is 38.7 Å². The van der Waals surface area contributed by atoms with Gasteiger partial charge in [0.05, 0.1) is 18.0 Å². The minimum atomic E-state index is -0.191. The highest BCUT2D eigenvalue weighted by Crippen LogP contribution is 2.48. The molecule has 1 saturated carbocycles. The van der Waals surface area contributed by atoms with Crippen LogP contribution in [0.15, 0.2) is 59.6 Å². The SMILES string of the molecule is O=C(N[C@@H]1CCCC[C@@H]1C(=O)N1CC[C@@H]2[C@H](C3COC=N3)Nc3ccccc3[C@@H]21)c1ccccc1. The second-order valence-electron chi connectivity index (χ2n) is 10.2. The molecule has 3 aliphatic heterocycles. The van der Waals surface area contributed by atoms with Crippen LogP contribution in [0.25, 0.3) is 0 Å². The monoisotopic (exact) mass is 472 g/mol. The van der Waals surface area contributed by atoms with E-state index in [1.165, 1.54) is 5.56 Å². The van der Waals surface area contributed by atoms with Gasteiger partial charge in [0.15, 0.2) is 6.40 Å². The Kier molecular flexibility index (Phi) is 5.92. The highest BCUT2D eigenvalue weighted by Gasteiger charge is 2.50. The molecular weight excluding hydrogens is 440 g/mol. The summed E-state index contributed by atoms with van der Waals surface area (Å²) in [7, 11) is 0. The van der Waals surface area contributed by atoms with Gasteiger partial charge < -0.3 is 20.3 Å². The number of para-hydroxylation sites is 1.